The Hall–Kier alpha value is -1.34. The summed E-state index contributed by atoms with van der Waals surface area (Å²) in [4.78, 5) is 24.3. The quantitative estimate of drug-likeness (QED) is 0.511. The SMILES string of the molecule is CN1CCC(CNC(=O)N[C@@H](CO)C(=O)O)CC1. The summed E-state index contributed by atoms with van der Waals surface area (Å²) in [5.41, 5.74) is 0. The molecule has 7 nitrogen and oxygen atoms in total. The molecule has 1 heterocycles. The van der Waals surface area contributed by atoms with Crippen LogP contribution in [0.5, 0.6) is 0 Å². The van der Waals surface area contributed by atoms with Gasteiger partial charge >= 0.3 is 12.0 Å². The molecule has 18 heavy (non-hydrogen) atoms. The lowest BCUT2D eigenvalue weighted by molar-refractivity contribution is -0.140. The van der Waals surface area contributed by atoms with Gasteiger partial charge in [-0.1, -0.05) is 0 Å². The largest absolute Gasteiger partial charge is 0.480 e. The van der Waals surface area contributed by atoms with E-state index in [1.165, 1.54) is 0 Å². The van der Waals surface area contributed by atoms with Crippen LogP contribution >= 0.6 is 0 Å². The molecule has 1 aliphatic heterocycles. The Morgan fingerprint density at radius 3 is 2.50 bits per heavy atom. The minimum Gasteiger partial charge on any atom is -0.480 e. The lowest BCUT2D eigenvalue weighted by Crippen LogP contribution is -2.49. The van der Waals surface area contributed by atoms with E-state index in [4.69, 9.17) is 10.2 Å². The first kappa shape index (κ1) is 14.7. The molecule has 0 aliphatic carbocycles. The predicted octanol–water partition coefficient (Wildman–Crippen LogP) is -0.927. The van der Waals surface area contributed by atoms with Crippen molar-refractivity contribution in [1.29, 1.82) is 0 Å². The molecule has 0 unspecified atom stereocenters. The van der Waals surface area contributed by atoms with E-state index in [1.807, 2.05) is 0 Å². The summed E-state index contributed by atoms with van der Waals surface area (Å²) in [7, 11) is 2.06. The molecule has 0 spiro atoms. The number of hydrogen-bond acceptors (Lipinski definition) is 4. The number of carbonyl (C=O) groups excluding carboxylic acids is 1. The van der Waals surface area contributed by atoms with E-state index >= 15 is 0 Å². The number of likely N-dealkylation sites (tertiary alicyclic amines) is 1. The molecule has 0 saturated carbocycles. The van der Waals surface area contributed by atoms with Crippen molar-refractivity contribution in [3.05, 3.63) is 0 Å². The molecule has 1 rings (SSSR count). The van der Waals surface area contributed by atoms with E-state index in [9.17, 15) is 9.59 Å². The first-order chi connectivity index (χ1) is 8.52. The average molecular weight is 259 g/mol. The average Bonchev–Trinajstić information content (AvgIpc) is 2.35. The maximum Gasteiger partial charge on any atom is 0.328 e. The number of carboxylic acids is 1. The number of nitrogens with one attached hydrogen (secondary N) is 2. The zero-order chi connectivity index (χ0) is 13.5. The van der Waals surface area contributed by atoms with Gasteiger partial charge in [0, 0.05) is 6.54 Å². The molecule has 0 aromatic carbocycles. The van der Waals surface area contributed by atoms with Crippen LogP contribution in [0.3, 0.4) is 0 Å². The molecule has 1 saturated heterocycles. The van der Waals surface area contributed by atoms with Gasteiger partial charge in [0.15, 0.2) is 6.04 Å². The Balaban J connectivity index is 2.22. The lowest BCUT2D eigenvalue weighted by atomic mass is 9.97. The standard InChI is InChI=1S/C11H21N3O4/c1-14-4-2-8(3-5-14)6-12-11(18)13-9(7-15)10(16)17/h8-9,15H,2-7H2,1H3,(H,16,17)(H2,12,13,18)/t9-/m0/s1. The summed E-state index contributed by atoms with van der Waals surface area (Å²) in [6.45, 7) is 1.96. The van der Waals surface area contributed by atoms with Crippen LogP contribution in [0.4, 0.5) is 4.79 Å². The van der Waals surface area contributed by atoms with Gasteiger partial charge in [-0.2, -0.15) is 0 Å². The predicted molar refractivity (Wildman–Crippen MR) is 65.3 cm³/mol. The van der Waals surface area contributed by atoms with Crippen molar-refractivity contribution in [3.8, 4) is 0 Å². The van der Waals surface area contributed by atoms with Crippen molar-refractivity contribution >= 4 is 12.0 Å². The van der Waals surface area contributed by atoms with Crippen molar-refractivity contribution in [2.75, 3.05) is 33.3 Å². The molecule has 1 atom stereocenters. The Morgan fingerprint density at radius 2 is 2.00 bits per heavy atom. The summed E-state index contributed by atoms with van der Waals surface area (Å²) < 4.78 is 0. The third-order valence-electron chi connectivity index (χ3n) is 3.18. The topological polar surface area (TPSA) is 102 Å². The van der Waals surface area contributed by atoms with Gasteiger partial charge in [0.2, 0.25) is 0 Å². The van der Waals surface area contributed by atoms with Crippen LogP contribution < -0.4 is 10.6 Å². The number of carboxylic acid groups (broad SMARTS) is 1. The molecule has 0 aromatic rings. The van der Waals surface area contributed by atoms with Crippen LogP contribution in [0, 0.1) is 5.92 Å². The Kier molecular flexibility index (Phi) is 5.87. The second kappa shape index (κ2) is 7.17. The van der Waals surface area contributed by atoms with Crippen molar-refractivity contribution in [2.24, 2.45) is 5.92 Å². The van der Waals surface area contributed by atoms with Gasteiger partial charge in [-0.15, -0.1) is 0 Å². The van der Waals surface area contributed by atoms with E-state index in [0.717, 1.165) is 25.9 Å². The summed E-state index contributed by atoms with van der Waals surface area (Å²) in [6.07, 6.45) is 2.05. The van der Waals surface area contributed by atoms with Gasteiger partial charge in [0.05, 0.1) is 6.61 Å². The van der Waals surface area contributed by atoms with Crippen molar-refractivity contribution in [1.82, 2.24) is 15.5 Å². The Morgan fingerprint density at radius 1 is 1.39 bits per heavy atom. The smallest absolute Gasteiger partial charge is 0.328 e. The van der Waals surface area contributed by atoms with E-state index in [2.05, 4.69) is 22.6 Å². The normalized spacial score (nSPS) is 19.2. The number of amides is 2. The van der Waals surface area contributed by atoms with Crippen LogP contribution in [0.15, 0.2) is 0 Å². The fourth-order valence-electron chi connectivity index (χ4n) is 1.90. The number of aliphatic carboxylic acids is 1. The molecular weight excluding hydrogens is 238 g/mol. The van der Waals surface area contributed by atoms with Gasteiger partial charge < -0.3 is 25.7 Å². The van der Waals surface area contributed by atoms with Gasteiger partial charge in [-0.3, -0.25) is 0 Å². The maximum absolute atomic E-state index is 11.4. The molecule has 0 radical (unpaired) electrons. The highest BCUT2D eigenvalue weighted by Crippen LogP contribution is 2.14. The number of urea groups is 1. The van der Waals surface area contributed by atoms with E-state index in [-0.39, 0.29) is 0 Å². The van der Waals surface area contributed by atoms with Crippen LogP contribution in [0.2, 0.25) is 0 Å². The summed E-state index contributed by atoms with van der Waals surface area (Å²) >= 11 is 0. The second-order valence-electron chi connectivity index (χ2n) is 4.67. The summed E-state index contributed by atoms with van der Waals surface area (Å²) in [5.74, 6) is -0.809. The number of hydrogen-bond donors (Lipinski definition) is 4. The minimum absolute atomic E-state index is 0.435. The Labute approximate surface area is 106 Å². The molecule has 1 aliphatic rings. The third-order valence-corrected chi connectivity index (χ3v) is 3.18. The zero-order valence-electron chi connectivity index (χ0n) is 10.6. The van der Waals surface area contributed by atoms with E-state index < -0.39 is 24.6 Å². The molecule has 0 bridgehead atoms. The van der Waals surface area contributed by atoms with Gasteiger partial charge in [0.1, 0.15) is 0 Å². The first-order valence-electron chi connectivity index (χ1n) is 6.09. The van der Waals surface area contributed by atoms with Crippen molar-refractivity contribution in [3.63, 3.8) is 0 Å². The maximum atomic E-state index is 11.4. The van der Waals surface area contributed by atoms with Crippen LogP contribution in [-0.4, -0.2) is 66.4 Å². The Bertz CT molecular complexity index is 290. The summed E-state index contributed by atoms with van der Waals surface area (Å²) in [6, 6.07) is -1.79. The van der Waals surface area contributed by atoms with Gasteiger partial charge in [-0.05, 0) is 38.9 Å². The number of carbonyl (C=O) groups is 2. The minimum atomic E-state index is -1.25. The highest BCUT2D eigenvalue weighted by atomic mass is 16.4. The first-order valence-corrected chi connectivity index (χ1v) is 6.09. The molecule has 7 heteroatoms. The van der Waals surface area contributed by atoms with Gasteiger partial charge in [-0.25, -0.2) is 9.59 Å². The number of rotatable bonds is 5. The van der Waals surface area contributed by atoms with Crippen LogP contribution in [-0.2, 0) is 4.79 Å². The third kappa shape index (κ3) is 4.89. The monoisotopic (exact) mass is 259 g/mol. The lowest BCUT2D eigenvalue weighted by Gasteiger charge is -2.29. The zero-order valence-corrected chi connectivity index (χ0v) is 10.6. The summed E-state index contributed by atoms with van der Waals surface area (Å²) in [5, 5.41) is 22.3. The molecular formula is C11H21N3O4. The second-order valence-corrected chi connectivity index (χ2v) is 4.67. The van der Waals surface area contributed by atoms with Gasteiger partial charge in [0.25, 0.3) is 0 Å². The highest BCUT2D eigenvalue weighted by Gasteiger charge is 2.20. The van der Waals surface area contributed by atoms with Crippen molar-refractivity contribution in [2.45, 2.75) is 18.9 Å². The number of piperidine rings is 1. The molecule has 2 amide bonds. The fourth-order valence-corrected chi connectivity index (χ4v) is 1.90. The molecule has 1 fully saturated rings. The molecule has 0 aromatic heterocycles. The van der Waals surface area contributed by atoms with Crippen molar-refractivity contribution < 1.29 is 19.8 Å². The van der Waals surface area contributed by atoms with E-state index in [1.54, 1.807) is 0 Å². The number of aliphatic hydroxyl groups is 1. The number of aliphatic hydroxyl groups excluding tert-OH is 1. The van der Waals surface area contributed by atoms with E-state index in [0.29, 0.717) is 12.5 Å². The molecule has 4 N–H and O–H groups in total. The van der Waals surface area contributed by atoms with Crippen LogP contribution in [0.25, 0.3) is 0 Å². The van der Waals surface area contributed by atoms with Crippen LogP contribution in [0.1, 0.15) is 12.8 Å². The highest BCUT2D eigenvalue weighted by molar-refractivity contribution is 5.82. The molecule has 104 valence electrons. The fraction of sp³-hybridized carbons (Fsp3) is 0.818. The number of nitrogens with zero attached hydrogens (tertiary/aromatic N) is 1.